The molecule has 8 nitrogen and oxygen atoms in total. The summed E-state index contributed by atoms with van der Waals surface area (Å²) in [6.45, 7) is 1.77. The Kier molecular flexibility index (Phi) is 4.36. The maximum absolute atomic E-state index is 12.0. The van der Waals surface area contributed by atoms with Crippen molar-refractivity contribution in [3.05, 3.63) is 34.9 Å². The minimum atomic E-state index is -1.07. The molecule has 0 bridgehead atoms. The molecule has 0 radical (unpaired) electrons. The standard InChI is InChI=1S/C13H16N4O4/c1-2-9(12(19)20)14-11(18)6-8-17-13(21)16-7-4-3-5-10(16)15-17/h3-5,7,9H,2,6,8H2,1H3,(H,14,18)(H,19,20). The Bertz CT molecular complexity index is 718. The zero-order valence-electron chi connectivity index (χ0n) is 11.5. The predicted octanol–water partition coefficient (Wildman–Crippen LogP) is -0.135. The van der Waals surface area contributed by atoms with E-state index < -0.39 is 17.9 Å². The number of carboxylic acid groups (broad SMARTS) is 1. The maximum atomic E-state index is 12.0. The molecular weight excluding hydrogens is 276 g/mol. The number of amides is 1. The van der Waals surface area contributed by atoms with Gasteiger partial charge in [0.15, 0.2) is 5.65 Å². The molecule has 0 fully saturated rings. The van der Waals surface area contributed by atoms with Gasteiger partial charge in [0.1, 0.15) is 6.04 Å². The van der Waals surface area contributed by atoms with Gasteiger partial charge in [0.2, 0.25) is 5.91 Å². The van der Waals surface area contributed by atoms with Crippen LogP contribution >= 0.6 is 0 Å². The smallest absolute Gasteiger partial charge is 0.350 e. The normalized spacial score (nSPS) is 12.2. The third kappa shape index (κ3) is 3.28. The fourth-order valence-electron chi connectivity index (χ4n) is 1.93. The number of nitrogens with zero attached hydrogens (tertiary/aromatic N) is 3. The van der Waals surface area contributed by atoms with Gasteiger partial charge >= 0.3 is 11.7 Å². The lowest BCUT2D eigenvalue weighted by Crippen LogP contribution is -2.40. The fraction of sp³-hybridized carbons (Fsp3) is 0.385. The summed E-state index contributed by atoms with van der Waals surface area (Å²) >= 11 is 0. The Morgan fingerprint density at radius 1 is 1.43 bits per heavy atom. The number of carboxylic acids is 1. The highest BCUT2D eigenvalue weighted by Crippen LogP contribution is 1.97. The highest BCUT2D eigenvalue weighted by atomic mass is 16.4. The Morgan fingerprint density at radius 3 is 2.81 bits per heavy atom. The quantitative estimate of drug-likeness (QED) is 0.771. The number of aromatic nitrogens is 3. The van der Waals surface area contributed by atoms with Crippen LogP contribution in [0.15, 0.2) is 29.2 Å². The van der Waals surface area contributed by atoms with Gasteiger partial charge in [0.25, 0.3) is 0 Å². The third-order valence-electron chi connectivity index (χ3n) is 3.08. The predicted molar refractivity (Wildman–Crippen MR) is 73.9 cm³/mol. The number of nitrogens with one attached hydrogen (secondary N) is 1. The van der Waals surface area contributed by atoms with Gasteiger partial charge in [-0.3, -0.25) is 9.20 Å². The van der Waals surface area contributed by atoms with E-state index in [1.807, 2.05) is 0 Å². The van der Waals surface area contributed by atoms with Crippen LogP contribution in [0.4, 0.5) is 0 Å². The monoisotopic (exact) mass is 292 g/mol. The molecule has 21 heavy (non-hydrogen) atoms. The van der Waals surface area contributed by atoms with Crippen molar-refractivity contribution in [2.45, 2.75) is 32.4 Å². The lowest BCUT2D eigenvalue weighted by Gasteiger charge is -2.11. The van der Waals surface area contributed by atoms with Crippen molar-refractivity contribution in [1.29, 1.82) is 0 Å². The van der Waals surface area contributed by atoms with E-state index >= 15 is 0 Å². The number of aryl methyl sites for hydroxylation is 1. The van der Waals surface area contributed by atoms with Crippen LogP contribution in [0.2, 0.25) is 0 Å². The first kappa shape index (κ1) is 14.8. The lowest BCUT2D eigenvalue weighted by atomic mass is 10.2. The summed E-state index contributed by atoms with van der Waals surface area (Å²) in [6, 6.07) is 4.26. The number of carbonyl (C=O) groups is 2. The van der Waals surface area contributed by atoms with Crippen LogP contribution in [0.3, 0.4) is 0 Å². The van der Waals surface area contributed by atoms with Crippen molar-refractivity contribution in [3.8, 4) is 0 Å². The van der Waals surface area contributed by atoms with E-state index in [9.17, 15) is 14.4 Å². The average Bonchev–Trinajstić information content (AvgIpc) is 2.79. The molecule has 0 saturated carbocycles. The number of hydrogen-bond acceptors (Lipinski definition) is 4. The molecule has 0 saturated heterocycles. The largest absolute Gasteiger partial charge is 0.480 e. The van der Waals surface area contributed by atoms with Crippen LogP contribution in [-0.2, 0) is 16.1 Å². The highest BCUT2D eigenvalue weighted by molar-refractivity contribution is 5.83. The second-order valence-electron chi connectivity index (χ2n) is 4.55. The second-order valence-corrected chi connectivity index (χ2v) is 4.55. The summed E-state index contributed by atoms with van der Waals surface area (Å²) in [5.74, 6) is -1.50. The Morgan fingerprint density at radius 2 is 2.19 bits per heavy atom. The average molecular weight is 292 g/mol. The van der Waals surface area contributed by atoms with Crippen molar-refractivity contribution in [2.75, 3.05) is 0 Å². The van der Waals surface area contributed by atoms with Gasteiger partial charge in [0.05, 0.1) is 6.54 Å². The van der Waals surface area contributed by atoms with Crippen LogP contribution in [-0.4, -0.2) is 37.2 Å². The Hall–Kier alpha value is -2.64. The first-order valence-electron chi connectivity index (χ1n) is 6.59. The van der Waals surface area contributed by atoms with E-state index in [4.69, 9.17) is 5.11 Å². The topological polar surface area (TPSA) is 106 Å². The van der Waals surface area contributed by atoms with Crippen LogP contribution in [0.1, 0.15) is 19.8 Å². The number of hydrogen-bond donors (Lipinski definition) is 2. The van der Waals surface area contributed by atoms with Gasteiger partial charge < -0.3 is 10.4 Å². The zero-order valence-corrected chi connectivity index (χ0v) is 11.5. The molecule has 8 heteroatoms. The summed E-state index contributed by atoms with van der Waals surface area (Å²) in [5, 5.41) is 15.4. The number of aliphatic carboxylic acids is 1. The van der Waals surface area contributed by atoms with Crippen molar-refractivity contribution in [1.82, 2.24) is 19.5 Å². The van der Waals surface area contributed by atoms with E-state index in [2.05, 4.69) is 10.4 Å². The van der Waals surface area contributed by atoms with Crippen molar-refractivity contribution in [2.24, 2.45) is 0 Å². The lowest BCUT2D eigenvalue weighted by molar-refractivity contribution is -0.141. The molecule has 112 valence electrons. The molecule has 0 aliphatic rings. The van der Waals surface area contributed by atoms with Gasteiger partial charge in [-0.2, -0.15) is 0 Å². The fourth-order valence-corrected chi connectivity index (χ4v) is 1.93. The minimum Gasteiger partial charge on any atom is -0.480 e. The molecule has 0 aliphatic heterocycles. The number of pyridine rings is 1. The molecule has 2 aromatic rings. The number of rotatable bonds is 6. The Labute approximate surface area is 120 Å². The van der Waals surface area contributed by atoms with E-state index in [0.29, 0.717) is 12.1 Å². The second kappa shape index (κ2) is 6.21. The van der Waals surface area contributed by atoms with E-state index in [0.717, 1.165) is 0 Å². The molecule has 2 heterocycles. The van der Waals surface area contributed by atoms with Crippen molar-refractivity contribution < 1.29 is 14.7 Å². The highest BCUT2D eigenvalue weighted by Gasteiger charge is 2.17. The summed E-state index contributed by atoms with van der Waals surface area (Å²) in [7, 11) is 0. The minimum absolute atomic E-state index is 0.00638. The van der Waals surface area contributed by atoms with Crippen LogP contribution in [0.25, 0.3) is 5.65 Å². The molecule has 1 unspecified atom stereocenters. The van der Waals surface area contributed by atoms with E-state index in [1.54, 1.807) is 31.3 Å². The first-order valence-corrected chi connectivity index (χ1v) is 6.59. The molecule has 0 aliphatic carbocycles. The molecule has 0 spiro atoms. The summed E-state index contributed by atoms with van der Waals surface area (Å²) in [5.41, 5.74) is 0.170. The van der Waals surface area contributed by atoms with Gasteiger partial charge in [-0.15, -0.1) is 5.10 Å². The van der Waals surface area contributed by atoms with E-state index in [1.165, 1.54) is 9.08 Å². The van der Waals surface area contributed by atoms with Crippen LogP contribution < -0.4 is 11.0 Å². The van der Waals surface area contributed by atoms with Crippen molar-refractivity contribution in [3.63, 3.8) is 0 Å². The van der Waals surface area contributed by atoms with Crippen LogP contribution in [0, 0.1) is 0 Å². The molecule has 2 rings (SSSR count). The van der Waals surface area contributed by atoms with Gasteiger partial charge in [-0.05, 0) is 18.6 Å². The third-order valence-corrected chi connectivity index (χ3v) is 3.08. The van der Waals surface area contributed by atoms with Crippen molar-refractivity contribution >= 4 is 17.5 Å². The number of carbonyl (C=O) groups excluding carboxylic acids is 1. The summed E-state index contributed by atoms with van der Waals surface area (Å²) < 4.78 is 2.57. The first-order chi connectivity index (χ1) is 10.0. The van der Waals surface area contributed by atoms with Crippen LogP contribution in [0.5, 0.6) is 0 Å². The van der Waals surface area contributed by atoms with Gasteiger partial charge in [0, 0.05) is 12.6 Å². The number of fused-ring (bicyclic) bond motifs is 1. The summed E-state index contributed by atoms with van der Waals surface area (Å²) in [6.07, 6.45) is 1.89. The SMILES string of the molecule is CCC(NC(=O)CCn1nc2ccccn2c1=O)C(=O)O. The van der Waals surface area contributed by atoms with Gasteiger partial charge in [-0.25, -0.2) is 14.3 Å². The summed E-state index contributed by atoms with van der Waals surface area (Å²) in [4.78, 5) is 34.5. The molecular formula is C13H16N4O4. The molecule has 0 aromatic carbocycles. The molecule has 1 amide bonds. The molecule has 2 N–H and O–H groups in total. The van der Waals surface area contributed by atoms with Gasteiger partial charge in [-0.1, -0.05) is 13.0 Å². The molecule has 2 aromatic heterocycles. The maximum Gasteiger partial charge on any atom is 0.350 e. The molecule has 1 atom stereocenters. The van der Waals surface area contributed by atoms with E-state index in [-0.39, 0.29) is 18.7 Å². The Balaban J connectivity index is 2.02. The zero-order chi connectivity index (χ0) is 15.4.